The third-order valence-electron chi connectivity index (χ3n) is 6.29. The zero-order valence-corrected chi connectivity index (χ0v) is 22.4. The highest BCUT2D eigenvalue weighted by atomic mass is 35.5. The molecule has 0 fully saturated rings. The number of hydrogen-bond donors (Lipinski definition) is 1. The maximum Gasteiger partial charge on any atom is 0.269 e. The van der Waals surface area contributed by atoms with Gasteiger partial charge in [0.05, 0.1) is 21.1 Å². The van der Waals surface area contributed by atoms with E-state index in [0.717, 1.165) is 36.2 Å². The third kappa shape index (κ3) is 6.03. The first-order valence-corrected chi connectivity index (χ1v) is 13.9. The van der Waals surface area contributed by atoms with E-state index in [-0.39, 0.29) is 28.4 Å². The van der Waals surface area contributed by atoms with Gasteiger partial charge in [0.15, 0.2) is 0 Å². The van der Waals surface area contributed by atoms with E-state index in [1.54, 1.807) is 24.3 Å². The van der Waals surface area contributed by atoms with Crippen molar-refractivity contribution in [1.29, 1.82) is 0 Å². The number of sulfonamides is 1. The van der Waals surface area contributed by atoms with Gasteiger partial charge in [0.1, 0.15) is 12.4 Å². The molecule has 0 radical (unpaired) electrons. The SMILES string of the molecule is O=C(NS(=O)(=O)c1ccc([N+](=O)[O-])cc1)c1cnc(N2CCc3ccccc3C2)nc1COc1ccc(Cl)cc1. The highest BCUT2D eigenvalue weighted by Crippen LogP contribution is 2.24. The Kier molecular flexibility index (Phi) is 7.63. The summed E-state index contributed by atoms with van der Waals surface area (Å²) in [4.78, 5) is 34.0. The summed E-state index contributed by atoms with van der Waals surface area (Å²) >= 11 is 5.95. The van der Waals surface area contributed by atoms with Crippen molar-refractivity contribution in [2.24, 2.45) is 0 Å². The molecule has 0 unspecified atom stereocenters. The molecule has 0 saturated carbocycles. The molecule has 3 aromatic carbocycles. The molecule has 1 aromatic heterocycles. The molecule has 0 atom stereocenters. The zero-order chi connectivity index (χ0) is 28.3. The number of carbonyl (C=O) groups excluding carboxylic acids is 1. The number of anilines is 1. The molecule has 1 amide bonds. The molecule has 0 saturated heterocycles. The van der Waals surface area contributed by atoms with Crippen molar-refractivity contribution in [3.05, 3.63) is 117 Å². The van der Waals surface area contributed by atoms with Gasteiger partial charge in [-0.3, -0.25) is 14.9 Å². The first-order chi connectivity index (χ1) is 19.2. The molecular weight excluding hydrogens is 558 g/mol. The number of benzene rings is 3. The fourth-order valence-electron chi connectivity index (χ4n) is 4.19. The van der Waals surface area contributed by atoms with Gasteiger partial charge in [0.25, 0.3) is 21.6 Å². The Morgan fingerprint density at radius 2 is 1.75 bits per heavy atom. The summed E-state index contributed by atoms with van der Waals surface area (Å²) in [6.45, 7) is 1.09. The Hall–Kier alpha value is -4.55. The van der Waals surface area contributed by atoms with E-state index in [0.29, 0.717) is 29.8 Å². The molecule has 1 N–H and O–H groups in total. The number of nitro benzene ring substituents is 1. The molecule has 0 spiro atoms. The molecule has 2 heterocycles. The lowest BCUT2D eigenvalue weighted by molar-refractivity contribution is -0.384. The van der Waals surface area contributed by atoms with Gasteiger partial charge in [-0.15, -0.1) is 0 Å². The summed E-state index contributed by atoms with van der Waals surface area (Å²) in [5.74, 6) is -0.121. The van der Waals surface area contributed by atoms with Gasteiger partial charge in [0, 0.05) is 36.4 Å². The average molecular weight is 580 g/mol. The predicted molar refractivity (Wildman–Crippen MR) is 147 cm³/mol. The van der Waals surface area contributed by atoms with E-state index in [2.05, 4.69) is 16.0 Å². The zero-order valence-electron chi connectivity index (χ0n) is 20.9. The quantitative estimate of drug-likeness (QED) is 0.238. The largest absolute Gasteiger partial charge is 0.487 e. The van der Waals surface area contributed by atoms with Gasteiger partial charge in [0.2, 0.25) is 5.95 Å². The molecule has 5 rings (SSSR count). The van der Waals surface area contributed by atoms with E-state index in [1.807, 2.05) is 27.8 Å². The smallest absolute Gasteiger partial charge is 0.269 e. The number of nitrogens with one attached hydrogen (secondary N) is 1. The van der Waals surface area contributed by atoms with Crippen molar-refractivity contribution >= 4 is 39.2 Å². The van der Waals surface area contributed by atoms with E-state index < -0.39 is 20.9 Å². The van der Waals surface area contributed by atoms with Crippen LogP contribution in [-0.2, 0) is 29.6 Å². The maximum absolute atomic E-state index is 13.2. The second kappa shape index (κ2) is 11.3. The minimum absolute atomic E-state index is 0.0967. The van der Waals surface area contributed by atoms with Crippen molar-refractivity contribution in [1.82, 2.24) is 14.7 Å². The van der Waals surface area contributed by atoms with Crippen molar-refractivity contribution in [2.75, 3.05) is 11.4 Å². The first kappa shape index (κ1) is 27.0. The van der Waals surface area contributed by atoms with E-state index in [9.17, 15) is 23.3 Å². The van der Waals surface area contributed by atoms with Crippen LogP contribution in [0, 0.1) is 10.1 Å². The van der Waals surface area contributed by atoms with Gasteiger partial charge in [-0.05, 0) is 53.9 Å². The Morgan fingerprint density at radius 1 is 1.05 bits per heavy atom. The van der Waals surface area contributed by atoms with Gasteiger partial charge < -0.3 is 9.64 Å². The van der Waals surface area contributed by atoms with E-state index in [1.165, 1.54) is 11.8 Å². The van der Waals surface area contributed by atoms with Gasteiger partial charge >= 0.3 is 0 Å². The summed E-state index contributed by atoms with van der Waals surface area (Å²) in [7, 11) is -4.35. The van der Waals surface area contributed by atoms with Crippen LogP contribution in [-0.4, -0.2) is 35.8 Å². The number of nitro groups is 1. The molecule has 11 nitrogen and oxygen atoms in total. The molecule has 1 aliphatic heterocycles. The Balaban J connectivity index is 1.42. The lowest BCUT2D eigenvalue weighted by Gasteiger charge is -2.29. The molecule has 1 aliphatic rings. The Morgan fingerprint density at radius 3 is 2.45 bits per heavy atom. The summed E-state index contributed by atoms with van der Waals surface area (Å²) in [6, 6.07) is 18.9. The van der Waals surface area contributed by atoms with Crippen LogP contribution in [0.25, 0.3) is 0 Å². The fraction of sp³-hybridized carbons (Fsp3) is 0.148. The minimum Gasteiger partial charge on any atom is -0.487 e. The summed E-state index contributed by atoms with van der Waals surface area (Å²) in [5.41, 5.74) is 2.19. The number of aromatic nitrogens is 2. The summed E-state index contributed by atoms with van der Waals surface area (Å²) in [6.07, 6.45) is 2.07. The molecule has 4 aromatic rings. The number of ether oxygens (including phenoxy) is 1. The van der Waals surface area contributed by atoms with Crippen LogP contribution in [0.4, 0.5) is 11.6 Å². The highest BCUT2D eigenvalue weighted by Gasteiger charge is 2.25. The van der Waals surface area contributed by atoms with Crippen LogP contribution in [0.3, 0.4) is 0 Å². The molecule has 40 heavy (non-hydrogen) atoms. The number of fused-ring (bicyclic) bond motifs is 1. The number of non-ortho nitro benzene ring substituents is 1. The fourth-order valence-corrected chi connectivity index (χ4v) is 5.28. The van der Waals surface area contributed by atoms with Gasteiger partial charge in [-0.25, -0.2) is 23.1 Å². The lowest BCUT2D eigenvalue weighted by atomic mass is 10.0. The Labute approximate surface area is 234 Å². The standard InChI is InChI=1S/C27H22ClN5O6S/c28-20-5-9-22(10-6-20)39-17-25-24(26(34)31-40(37,38)23-11-7-21(8-12-23)33(35)36)15-29-27(30-25)32-14-13-18-3-1-2-4-19(18)16-32/h1-12,15H,13-14,16-17H2,(H,31,34). The number of halogens is 1. The summed E-state index contributed by atoms with van der Waals surface area (Å²) < 4.78 is 33.5. The Bertz CT molecular complexity index is 1680. The summed E-state index contributed by atoms with van der Waals surface area (Å²) in [5, 5.41) is 11.4. The monoisotopic (exact) mass is 579 g/mol. The predicted octanol–water partition coefficient (Wildman–Crippen LogP) is 4.30. The average Bonchev–Trinajstić information content (AvgIpc) is 2.96. The topological polar surface area (TPSA) is 145 Å². The second-order valence-electron chi connectivity index (χ2n) is 8.90. The van der Waals surface area contributed by atoms with Crippen molar-refractivity contribution in [3.8, 4) is 5.75 Å². The van der Waals surface area contributed by atoms with Gasteiger partial charge in [-0.1, -0.05) is 35.9 Å². The molecule has 204 valence electrons. The van der Waals surface area contributed by atoms with Crippen LogP contribution in [0.15, 0.2) is 83.9 Å². The minimum atomic E-state index is -4.35. The number of carbonyl (C=O) groups is 1. The van der Waals surface area contributed by atoms with Crippen LogP contribution >= 0.6 is 11.6 Å². The number of amides is 1. The molecule has 0 aliphatic carbocycles. The van der Waals surface area contributed by atoms with E-state index in [4.69, 9.17) is 16.3 Å². The number of nitrogens with zero attached hydrogens (tertiary/aromatic N) is 4. The molecular formula is C27H22ClN5O6S. The first-order valence-electron chi connectivity index (χ1n) is 12.1. The maximum atomic E-state index is 13.2. The van der Waals surface area contributed by atoms with E-state index >= 15 is 0 Å². The van der Waals surface area contributed by atoms with Crippen molar-refractivity contribution < 1.29 is 22.9 Å². The van der Waals surface area contributed by atoms with Crippen LogP contribution in [0.2, 0.25) is 5.02 Å². The number of rotatable bonds is 8. The van der Waals surface area contributed by atoms with Gasteiger partial charge in [-0.2, -0.15) is 0 Å². The molecule has 0 bridgehead atoms. The van der Waals surface area contributed by atoms with Crippen molar-refractivity contribution in [2.45, 2.75) is 24.5 Å². The van der Waals surface area contributed by atoms with Crippen LogP contribution in [0.1, 0.15) is 27.2 Å². The highest BCUT2D eigenvalue weighted by molar-refractivity contribution is 7.90. The van der Waals surface area contributed by atoms with Crippen LogP contribution < -0.4 is 14.4 Å². The normalized spacial score (nSPS) is 12.9. The van der Waals surface area contributed by atoms with Crippen molar-refractivity contribution in [3.63, 3.8) is 0 Å². The second-order valence-corrected chi connectivity index (χ2v) is 11.0. The third-order valence-corrected chi connectivity index (χ3v) is 7.89. The number of hydrogen-bond acceptors (Lipinski definition) is 9. The van der Waals surface area contributed by atoms with Crippen LogP contribution in [0.5, 0.6) is 5.75 Å². The molecule has 13 heteroatoms. The lowest BCUT2D eigenvalue weighted by Crippen LogP contribution is -2.34.